The Balaban J connectivity index is 1.73. The normalized spacial score (nSPS) is 19.4. The summed E-state index contributed by atoms with van der Waals surface area (Å²) in [7, 11) is 0. The molecule has 1 aliphatic rings. The number of benzene rings is 1. The number of hydrogen-bond donors (Lipinski definition) is 0. The minimum atomic E-state index is -0.292. The molecular formula is C13H14O3. The fourth-order valence-electron chi connectivity index (χ4n) is 1.39. The van der Waals surface area contributed by atoms with Crippen molar-refractivity contribution in [2.24, 2.45) is 0 Å². The van der Waals surface area contributed by atoms with Crippen molar-refractivity contribution in [1.29, 1.82) is 0 Å². The molecule has 0 spiro atoms. The summed E-state index contributed by atoms with van der Waals surface area (Å²) in [6.07, 6.45) is 5.03. The third kappa shape index (κ3) is 2.94. The van der Waals surface area contributed by atoms with Gasteiger partial charge in [-0.05, 0) is 18.2 Å². The molecule has 0 N–H and O–H groups in total. The lowest BCUT2D eigenvalue weighted by Gasteiger charge is -2.22. The van der Waals surface area contributed by atoms with Crippen molar-refractivity contribution in [3.63, 3.8) is 0 Å². The van der Waals surface area contributed by atoms with E-state index in [-0.39, 0.29) is 12.1 Å². The molecule has 16 heavy (non-hydrogen) atoms. The van der Waals surface area contributed by atoms with Gasteiger partial charge in [0.2, 0.25) is 0 Å². The van der Waals surface area contributed by atoms with Crippen LogP contribution in [0, 0.1) is 0 Å². The van der Waals surface area contributed by atoms with Gasteiger partial charge in [0.15, 0.2) is 0 Å². The Hall–Kier alpha value is -1.61. The van der Waals surface area contributed by atoms with Gasteiger partial charge in [-0.3, -0.25) is 0 Å². The predicted molar refractivity (Wildman–Crippen MR) is 60.2 cm³/mol. The number of esters is 1. The zero-order valence-corrected chi connectivity index (χ0v) is 8.96. The number of ether oxygens (including phenoxy) is 2. The Morgan fingerprint density at radius 2 is 2.19 bits per heavy atom. The number of rotatable bonds is 4. The minimum Gasteiger partial charge on any atom is -0.458 e. The Labute approximate surface area is 94.7 Å². The molecule has 1 atom stereocenters. The topological polar surface area (TPSA) is 35.5 Å². The standard InChI is InChI=1S/C13H14O3/c14-13(11-5-2-1-3-6-11)16-9-4-7-12-8-10-15-12/h1-7,12H,8-10H2/b7-4+. The quantitative estimate of drug-likeness (QED) is 0.574. The molecule has 84 valence electrons. The van der Waals surface area contributed by atoms with Crippen LogP contribution < -0.4 is 0 Å². The zero-order valence-electron chi connectivity index (χ0n) is 8.96. The summed E-state index contributed by atoms with van der Waals surface area (Å²) in [5.74, 6) is -0.292. The summed E-state index contributed by atoms with van der Waals surface area (Å²) in [6, 6.07) is 8.97. The van der Waals surface area contributed by atoms with Crippen molar-refractivity contribution in [2.75, 3.05) is 13.2 Å². The Morgan fingerprint density at radius 3 is 2.81 bits per heavy atom. The molecule has 3 heteroatoms. The van der Waals surface area contributed by atoms with Crippen LogP contribution in [0.1, 0.15) is 16.8 Å². The van der Waals surface area contributed by atoms with Crippen LogP contribution in [0.3, 0.4) is 0 Å². The number of carbonyl (C=O) groups excluding carboxylic acids is 1. The number of carbonyl (C=O) groups is 1. The van der Waals surface area contributed by atoms with Crippen molar-refractivity contribution in [1.82, 2.24) is 0 Å². The van der Waals surface area contributed by atoms with Gasteiger partial charge in [-0.1, -0.05) is 24.3 Å². The van der Waals surface area contributed by atoms with Crippen LogP contribution in [-0.2, 0) is 9.47 Å². The molecule has 0 saturated carbocycles. The van der Waals surface area contributed by atoms with E-state index in [1.807, 2.05) is 30.4 Å². The van der Waals surface area contributed by atoms with E-state index >= 15 is 0 Å². The van der Waals surface area contributed by atoms with E-state index in [0.29, 0.717) is 12.2 Å². The lowest BCUT2D eigenvalue weighted by atomic mass is 10.2. The molecule has 0 bridgehead atoms. The molecule has 1 unspecified atom stereocenters. The maximum atomic E-state index is 11.5. The second-order valence-electron chi connectivity index (χ2n) is 3.59. The third-order valence-electron chi connectivity index (χ3n) is 2.41. The highest BCUT2D eigenvalue weighted by atomic mass is 16.5. The first-order valence-corrected chi connectivity index (χ1v) is 5.37. The highest BCUT2D eigenvalue weighted by Gasteiger charge is 2.13. The largest absolute Gasteiger partial charge is 0.458 e. The molecule has 0 aliphatic carbocycles. The molecule has 1 fully saturated rings. The maximum Gasteiger partial charge on any atom is 0.338 e. The first-order valence-electron chi connectivity index (χ1n) is 5.37. The van der Waals surface area contributed by atoms with Crippen molar-refractivity contribution < 1.29 is 14.3 Å². The number of hydrogen-bond acceptors (Lipinski definition) is 3. The average Bonchev–Trinajstić information content (AvgIpc) is 2.27. The van der Waals surface area contributed by atoms with E-state index in [1.54, 1.807) is 12.1 Å². The Bertz CT molecular complexity index is 366. The second kappa shape index (κ2) is 5.47. The van der Waals surface area contributed by atoms with Crippen LogP contribution >= 0.6 is 0 Å². The summed E-state index contributed by atoms with van der Waals surface area (Å²) < 4.78 is 10.3. The van der Waals surface area contributed by atoms with Gasteiger partial charge in [0.1, 0.15) is 6.61 Å². The van der Waals surface area contributed by atoms with E-state index in [4.69, 9.17) is 9.47 Å². The monoisotopic (exact) mass is 218 g/mol. The lowest BCUT2D eigenvalue weighted by Crippen LogP contribution is -2.24. The first-order chi connectivity index (χ1) is 7.86. The van der Waals surface area contributed by atoms with Gasteiger partial charge in [0.25, 0.3) is 0 Å². The molecule has 1 aliphatic heterocycles. The van der Waals surface area contributed by atoms with E-state index in [9.17, 15) is 4.79 Å². The van der Waals surface area contributed by atoms with Gasteiger partial charge >= 0.3 is 5.97 Å². The summed E-state index contributed by atoms with van der Waals surface area (Å²) in [4.78, 5) is 11.5. The molecule has 1 saturated heterocycles. The highest BCUT2D eigenvalue weighted by molar-refractivity contribution is 5.89. The minimum absolute atomic E-state index is 0.218. The zero-order chi connectivity index (χ0) is 11.2. The molecule has 1 aromatic carbocycles. The smallest absolute Gasteiger partial charge is 0.338 e. The van der Waals surface area contributed by atoms with Gasteiger partial charge in [-0.15, -0.1) is 0 Å². The van der Waals surface area contributed by atoms with Gasteiger partial charge in [-0.25, -0.2) is 4.79 Å². The average molecular weight is 218 g/mol. The molecule has 1 heterocycles. The fraction of sp³-hybridized carbons (Fsp3) is 0.308. The SMILES string of the molecule is O=C(OC/C=C/C1CCO1)c1ccccc1. The fourth-order valence-corrected chi connectivity index (χ4v) is 1.39. The molecule has 0 amide bonds. The first kappa shape index (κ1) is 10.9. The second-order valence-corrected chi connectivity index (χ2v) is 3.59. The van der Waals surface area contributed by atoms with Crippen molar-refractivity contribution in [2.45, 2.75) is 12.5 Å². The molecule has 0 radical (unpaired) electrons. The summed E-state index contributed by atoms with van der Waals surface area (Å²) in [6.45, 7) is 1.13. The van der Waals surface area contributed by atoms with Gasteiger partial charge in [0, 0.05) is 6.42 Å². The third-order valence-corrected chi connectivity index (χ3v) is 2.41. The van der Waals surface area contributed by atoms with Crippen LogP contribution in [0.15, 0.2) is 42.5 Å². The van der Waals surface area contributed by atoms with Crippen LogP contribution in [0.25, 0.3) is 0 Å². The Morgan fingerprint density at radius 1 is 1.44 bits per heavy atom. The molecular weight excluding hydrogens is 204 g/mol. The summed E-state index contributed by atoms with van der Waals surface area (Å²) >= 11 is 0. The van der Waals surface area contributed by atoms with E-state index in [2.05, 4.69) is 0 Å². The molecule has 1 aromatic rings. The van der Waals surface area contributed by atoms with Crippen molar-refractivity contribution in [3.8, 4) is 0 Å². The van der Waals surface area contributed by atoms with E-state index in [0.717, 1.165) is 13.0 Å². The molecule has 3 nitrogen and oxygen atoms in total. The van der Waals surface area contributed by atoms with Crippen LogP contribution in [0.2, 0.25) is 0 Å². The summed E-state index contributed by atoms with van der Waals surface area (Å²) in [5, 5.41) is 0. The van der Waals surface area contributed by atoms with Crippen molar-refractivity contribution in [3.05, 3.63) is 48.0 Å². The molecule has 2 rings (SSSR count). The predicted octanol–water partition coefficient (Wildman–Crippen LogP) is 2.19. The maximum absolute atomic E-state index is 11.5. The highest BCUT2D eigenvalue weighted by Crippen LogP contribution is 2.11. The van der Waals surface area contributed by atoms with Crippen molar-refractivity contribution >= 4 is 5.97 Å². The van der Waals surface area contributed by atoms with Crippen LogP contribution in [-0.4, -0.2) is 25.3 Å². The van der Waals surface area contributed by atoms with Crippen LogP contribution in [0.4, 0.5) is 0 Å². The van der Waals surface area contributed by atoms with Gasteiger partial charge < -0.3 is 9.47 Å². The Kier molecular flexibility index (Phi) is 3.72. The molecule has 0 aromatic heterocycles. The van der Waals surface area contributed by atoms with Crippen LogP contribution in [0.5, 0.6) is 0 Å². The van der Waals surface area contributed by atoms with E-state index in [1.165, 1.54) is 0 Å². The van der Waals surface area contributed by atoms with Gasteiger partial charge in [-0.2, -0.15) is 0 Å². The summed E-state index contributed by atoms with van der Waals surface area (Å²) in [5.41, 5.74) is 0.579. The lowest BCUT2D eigenvalue weighted by molar-refractivity contribution is -0.0189. The van der Waals surface area contributed by atoms with Gasteiger partial charge in [0.05, 0.1) is 18.3 Å². The van der Waals surface area contributed by atoms with E-state index < -0.39 is 0 Å².